The van der Waals surface area contributed by atoms with Gasteiger partial charge in [0.25, 0.3) is 0 Å². The minimum atomic E-state index is -0.0798. The number of hydrogen-bond donors (Lipinski definition) is 0. The quantitative estimate of drug-likeness (QED) is 0.542. The first-order chi connectivity index (χ1) is 4.56. The van der Waals surface area contributed by atoms with Crippen LogP contribution in [-0.2, 0) is 4.74 Å². The maximum absolute atomic E-state index is 5.36. The molecule has 0 saturated heterocycles. The third-order valence-electron chi connectivity index (χ3n) is 1.87. The van der Waals surface area contributed by atoms with E-state index in [1.165, 1.54) is 0 Å². The highest BCUT2D eigenvalue weighted by molar-refractivity contribution is 5.88. The standard InChI is InChI=1S/C8H13NO/c1-5-7-9-8(3,4)6(2)10-7/h5-6H,1H2,2-4H3. The van der Waals surface area contributed by atoms with Gasteiger partial charge in [-0.25, -0.2) is 4.99 Å². The van der Waals surface area contributed by atoms with E-state index >= 15 is 0 Å². The molecule has 0 bridgehead atoms. The molecule has 0 N–H and O–H groups in total. The van der Waals surface area contributed by atoms with Crippen LogP contribution < -0.4 is 0 Å². The molecule has 0 aliphatic carbocycles. The molecule has 0 radical (unpaired) electrons. The van der Waals surface area contributed by atoms with Gasteiger partial charge in [0, 0.05) is 0 Å². The van der Waals surface area contributed by atoms with Crippen LogP contribution in [0.15, 0.2) is 17.6 Å². The molecule has 1 aliphatic heterocycles. The molecule has 0 spiro atoms. The van der Waals surface area contributed by atoms with Gasteiger partial charge in [-0.05, 0) is 26.8 Å². The van der Waals surface area contributed by atoms with Crippen LogP contribution in [0.4, 0.5) is 0 Å². The molecule has 0 aromatic heterocycles. The molecule has 56 valence electrons. The van der Waals surface area contributed by atoms with Gasteiger partial charge in [0.2, 0.25) is 5.90 Å². The molecule has 1 unspecified atom stereocenters. The van der Waals surface area contributed by atoms with Crippen LogP contribution in [0.3, 0.4) is 0 Å². The molecule has 2 nitrogen and oxygen atoms in total. The van der Waals surface area contributed by atoms with Crippen molar-refractivity contribution in [2.24, 2.45) is 4.99 Å². The van der Waals surface area contributed by atoms with E-state index in [0.29, 0.717) is 5.90 Å². The first kappa shape index (κ1) is 7.32. The number of hydrogen-bond acceptors (Lipinski definition) is 2. The van der Waals surface area contributed by atoms with Crippen molar-refractivity contribution in [1.82, 2.24) is 0 Å². The number of nitrogens with zero attached hydrogens (tertiary/aromatic N) is 1. The van der Waals surface area contributed by atoms with Crippen molar-refractivity contribution in [3.05, 3.63) is 12.7 Å². The summed E-state index contributed by atoms with van der Waals surface area (Å²) in [4.78, 5) is 4.30. The number of ether oxygens (including phenoxy) is 1. The topological polar surface area (TPSA) is 21.6 Å². The Kier molecular flexibility index (Phi) is 1.55. The summed E-state index contributed by atoms with van der Waals surface area (Å²) in [5, 5.41) is 0. The van der Waals surface area contributed by atoms with Crippen molar-refractivity contribution in [3.8, 4) is 0 Å². The number of aliphatic imine (C=N–C) groups is 1. The Morgan fingerprint density at radius 2 is 2.30 bits per heavy atom. The van der Waals surface area contributed by atoms with E-state index in [0.717, 1.165) is 0 Å². The summed E-state index contributed by atoms with van der Waals surface area (Å²) >= 11 is 0. The molecule has 0 aromatic carbocycles. The highest BCUT2D eigenvalue weighted by Gasteiger charge is 2.33. The Hall–Kier alpha value is -0.790. The van der Waals surface area contributed by atoms with Gasteiger partial charge in [0.05, 0.1) is 5.54 Å². The minimum absolute atomic E-state index is 0.0798. The molecule has 1 heterocycles. The van der Waals surface area contributed by atoms with Crippen molar-refractivity contribution >= 4 is 5.90 Å². The van der Waals surface area contributed by atoms with Crippen LogP contribution in [-0.4, -0.2) is 17.5 Å². The lowest BCUT2D eigenvalue weighted by Crippen LogP contribution is -2.28. The normalized spacial score (nSPS) is 29.1. The average molecular weight is 139 g/mol. The predicted molar refractivity (Wildman–Crippen MR) is 42.3 cm³/mol. The smallest absolute Gasteiger partial charge is 0.208 e. The van der Waals surface area contributed by atoms with Crippen molar-refractivity contribution in [1.29, 1.82) is 0 Å². The highest BCUT2D eigenvalue weighted by atomic mass is 16.5. The maximum Gasteiger partial charge on any atom is 0.208 e. The van der Waals surface area contributed by atoms with E-state index in [9.17, 15) is 0 Å². The Morgan fingerprint density at radius 3 is 2.50 bits per heavy atom. The second-order valence-corrected chi connectivity index (χ2v) is 3.07. The SMILES string of the molecule is C=CC1=NC(C)(C)C(C)O1. The second-order valence-electron chi connectivity index (χ2n) is 3.07. The third kappa shape index (κ3) is 1.06. The zero-order valence-electron chi connectivity index (χ0n) is 6.72. The van der Waals surface area contributed by atoms with Gasteiger partial charge < -0.3 is 4.74 Å². The molecule has 2 heteroatoms. The fraction of sp³-hybridized carbons (Fsp3) is 0.625. The van der Waals surface area contributed by atoms with E-state index in [-0.39, 0.29) is 11.6 Å². The Balaban J connectivity index is 2.80. The zero-order chi connectivity index (χ0) is 7.78. The second kappa shape index (κ2) is 2.11. The average Bonchev–Trinajstić information content (AvgIpc) is 2.08. The molecule has 0 aromatic rings. The van der Waals surface area contributed by atoms with Crippen molar-refractivity contribution in [2.45, 2.75) is 32.4 Å². The molecular formula is C8H13NO. The molecule has 1 aliphatic rings. The third-order valence-corrected chi connectivity index (χ3v) is 1.87. The predicted octanol–water partition coefficient (Wildman–Crippen LogP) is 1.77. The Morgan fingerprint density at radius 1 is 1.70 bits per heavy atom. The summed E-state index contributed by atoms with van der Waals surface area (Å²) in [6, 6.07) is 0. The van der Waals surface area contributed by atoms with Crippen LogP contribution in [0.25, 0.3) is 0 Å². The fourth-order valence-corrected chi connectivity index (χ4v) is 0.820. The molecule has 10 heavy (non-hydrogen) atoms. The van der Waals surface area contributed by atoms with Crippen LogP contribution in [0.1, 0.15) is 20.8 Å². The molecule has 0 saturated carbocycles. The van der Waals surface area contributed by atoms with Gasteiger partial charge in [0.1, 0.15) is 6.10 Å². The lowest BCUT2D eigenvalue weighted by molar-refractivity contribution is 0.175. The Bertz CT molecular complexity index is 182. The molecule has 0 fully saturated rings. The van der Waals surface area contributed by atoms with Crippen molar-refractivity contribution in [2.75, 3.05) is 0 Å². The van der Waals surface area contributed by atoms with Gasteiger partial charge in [-0.2, -0.15) is 0 Å². The summed E-state index contributed by atoms with van der Waals surface area (Å²) in [6.45, 7) is 9.70. The van der Waals surface area contributed by atoms with Gasteiger partial charge in [0.15, 0.2) is 0 Å². The first-order valence-corrected chi connectivity index (χ1v) is 3.45. The van der Waals surface area contributed by atoms with E-state index in [4.69, 9.17) is 4.74 Å². The van der Waals surface area contributed by atoms with Gasteiger partial charge >= 0.3 is 0 Å². The van der Waals surface area contributed by atoms with Crippen LogP contribution in [0, 0.1) is 0 Å². The summed E-state index contributed by atoms with van der Waals surface area (Å²) in [6.07, 6.45) is 1.81. The van der Waals surface area contributed by atoms with E-state index in [2.05, 4.69) is 11.6 Å². The lowest BCUT2D eigenvalue weighted by Gasteiger charge is -2.17. The fourth-order valence-electron chi connectivity index (χ4n) is 0.820. The zero-order valence-corrected chi connectivity index (χ0v) is 6.72. The van der Waals surface area contributed by atoms with Gasteiger partial charge in [-0.3, -0.25) is 0 Å². The monoisotopic (exact) mass is 139 g/mol. The van der Waals surface area contributed by atoms with E-state index in [1.54, 1.807) is 6.08 Å². The molecule has 1 atom stereocenters. The largest absolute Gasteiger partial charge is 0.472 e. The molecule has 0 amide bonds. The summed E-state index contributed by atoms with van der Waals surface area (Å²) in [7, 11) is 0. The molecule has 1 rings (SSSR count). The lowest BCUT2D eigenvalue weighted by atomic mass is 10.0. The Labute approximate surface area is 61.6 Å². The van der Waals surface area contributed by atoms with Crippen LogP contribution in [0.2, 0.25) is 0 Å². The molecular weight excluding hydrogens is 126 g/mol. The van der Waals surface area contributed by atoms with Gasteiger partial charge in [-0.15, -0.1) is 0 Å². The summed E-state index contributed by atoms with van der Waals surface area (Å²) in [5.41, 5.74) is -0.0798. The first-order valence-electron chi connectivity index (χ1n) is 3.45. The highest BCUT2D eigenvalue weighted by Crippen LogP contribution is 2.24. The van der Waals surface area contributed by atoms with Crippen LogP contribution >= 0.6 is 0 Å². The van der Waals surface area contributed by atoms with Crippen LogP contribution in [0.5, 0.6) is 0 Å². The van der Waals surface area contributed by atoms with E-state index < -0.39 is 0 Å². The maximum atomic E-state index is 5.36. The summed E-state index contributed by atoms with van der Waals surface area (Å²) < 4.78 is 5.36. The van der Waals surface area contributed by atoms with E-state index in [1.807, 2.05) is 20.8 Å². The van der Waals surface area contributed by atoms with Crippen molar-refractivity contribution < 1.29 is 4.74 Å². The number of rotatable bonds is 1. The minimum Gasteiger partial charge on any atom is -0.472 e. The van der Waals surface area contributed by atoms with Crippen molar-refractivity contribution in [3.63, 3.8) is 0 Å². The van der Waals surface area contributed by atoms with Gasteiger partial charge in [-0.1, -0.05) is 6.58 Å². The summed E-state index contributed by atoms with van der Waals surface area (Å²) in [5.74, 6) is 0.664.